The molecular formula is C16H19NO4S. The fourth-order valence-electron chi connectivity index (χ4n) is 2.13. The topological polar surface area (TPSA) is 64.6 Å². The van der Waals surface area contributed by atoms with Gasteiger partial charge < -0.3 is 9.47 Å². The fourth-order valence-corrected chi connectivity index (χ4v) is 3.33. The number of nitrogens with one attached hydrogen (secondary N) is 1. The Kier molecular flexibility index (Phi) is 4.92. The summed E-state index contributed by atoms with van der Waals surface area (Å²) in [5, 5.41) is 0. The van der Waals surface area contributed by atoms with E-state index < -0.39 is 10.0 Å². The van der Waals surface area contributed by atoms with Crippen LogP contribution in [-0.2, 0) is 15.8 Å². The number of aryl methyl sites for hydroxylation is 1. The van der Waals surface area contributed by atoms with Crippen LogP contribution in [0.15, 0.2) is 42.5 Å². The summed E-state index contributed by atoms with van der Waals surface area (Å²) in [6.45, 7) is 1.86. The summed E-state index contributed by atoms with van der Waals surface area (Å²) in [5.41, 5.74) is 1.94. The SMILES string of the molecule is COc1cc(NS(=O)(=O)Cc2ccccc2)c(OC)cc1C. The van der Waals surface area contributed by atoms with Gasteiger partial charge in [-0.15, -0.1) is 0 Å². The molecule has 0 saturated heterocycles. The lowest BCUT2D eigenvalue weighted by molar-refractivity contribution is 0.402. The lowest BCUT2D eigenvalue weighted by atomic mass is 10.2. The Labute approximate surface area is 130 Å². The second-order valence-corrected chi connectivity index (χ2v) is 6.59. The van der Waals surface area contributed by atoms with E-state index in [9.17, 15) is 8.42 Å². The molecule has 0 bridgehead atoms. The van der Waals surface area contributed by atoms with Gasteiger partial charge in [0.2, 0.25) is 10.0 Å². The van der Waals surface area contributed by atoms with Crippen molar-refractivity contribution in [3.63, 3.8) is 0 Å². The van der Waals surface area contributed by atoms with Crippen molar-refractivity contribution < 1.29 is 17.9 Å². The van der Waals surface area contributed by atoms with Crippen molar-refractivity contribution in [3.8, 4) is 11.5 Å². The molecule has 5 nitrogen and oxygen atoms in total. The Balaban J connectivity index is 2.29. The van der Waals surface area contributed by atoms with E-state index in [0.717, 1.165) is 5.56 Å². The molecule has 6 heteroatoms. The van der Waals surface area contributed by atoms with Crippen LogP contribution < -0.4 is 14.2 Å². The van der Waals surface area contributed by atoms with E-state index in [1.165, 1.54) is 14.2 Å². The number of hydrogen-bond acceptors (Lipinski definition) is 4. The Bertz CT molecular complexity index is 742. The third-order valence-corrected chi connectivity index (χ3v) is 4.43. The van der Waals surface area contributed by atoms with Crippen molar-refractivity contribution >= 4 is 15.7 Å². The summed E-state index contributed by atoms with van der Waals surface area (Å²) in [7, 11) is -0.509. The van der Waals surface area contributed by atoms with Gasteiger partial charge in [-0.1, -0.05) is 30.3 Å². The highest BCUT2D eigenvalue weighted by Gasteiger charge is 2.16. The van der Waals surface area contributed by atoms with E-state index in [2.05, 4.69) is 4.72 Å². The molecule has 0 atom stereocenters. The van der Waals surface area contributed by atoms with Gasteiger partial charge in [-0.2, -0.15) is 0 Å². The van der Waals surface area contributed by atoms with Crippen LogP contribution in [0.2, 0.25) is 0 Å². The Morgan fingerprint density at radius 2 is 1.64 bits per heavy atom. The lowest BCUT2D eigenvalue weighted by Gasteiger charge is -2.15. The lowest BCUT2D eigenvalue weighted by Crippen LogP contribution is -2.15. The minimum atomic E-state index is -3.54. The molecule has 2 aromatic rings. The van der Waals surface area contributed by atoms with Gasteiger partial charge in [0, 0.05) is 6.07 Å². The van der Waals surface area contributed by atoms with Crippen molar-refractivity contribution in [3.05, 3.63) is 53.6 Å². The third kappa shape index (κ3) is 3.92. The minimum Gasteiger partial charge on any atom is -0.496 e. The molecule has 118 valence electrons. The van der Waals surface area contributed by atoms with Gasteiger partial charge in [0.15, 0.2) is 0 Å². The highest BCUT2D eigenvalue weighted by Crippen LogP contribution is 2.33. The molecule has 2 aromatic carbocycles. The van der Waals surface area contributed by atoms with Crippen LogP contribution in [0, 0.1) is 6.92 Å². The predicted octanol–water partition coefficient (Wildman–Crippen LogP) is 2.95. The number of rotatable bonds is 6. The van der Waals surface area contributed by atoms with Crippen molar-refractivity contribution in [2.75, 3.05) is 18.9 Å². The molecule has 0 aliphatic heterocycles. The van der Waals surface area contributed by atoms with E-state index in [-0.39, 0.29) is 5.75 Å². The quantitative estimate of drug-likeness (QED) is 0.888. The predicted molar refractivity (Wildman–Crippen MR) is 87.0 cm³/mol. The minimum absolute atomic E-state index is 0.104. The van der Waals surface area contributed by atoms with Crippen LogP contribution in [0.1, 0.15) is 11.1 Å². The molecule has 22 heavy (non-hydrogen) atoms. The molecule has 2 rings (SSSR count). The van der Waals surface area contributed by atoms with E-state index in [1.807, 2.05) is 13.0 Å². The third-order valence-electron chi connectivity index (χ3n) is 3.18. The van der Waals surface area contributed by atoms with Gasteiger partial charge in [-0.3, -0.25) is 4.72 Å². The smallest absolute Gasteiger partial charge is 0.237 e. The van der Waals surface area contributed by atoms with Crippen LogP contribution in [0.25, 0.3) is 0 Å². The fraction of sp³-hybridized carbons (Fsp3) is 0.250. The maximum absolute atomic E-state index is 12.3. The van der Waals surface area contributed by atoms with Crippen molar-refractivity contribution in [1.82, 2.24) is 0 Å². The van der Waals surface area contributed by atoms with Crippen LogP contribution in [-0.4, -0.2) is 22.6 Å². The Hall–Kier alpha value is -2.21. The normalized spacial score (nSPS) is 11.0. The number of ether oxygens (including phenoxy) is 2. The average molecular weight is 321 g/mol. The van der Waals surface area contributed by atoms with Gasteiger partial charge in [-0.25, -0.2) is 8.42 Å². The molecule has 0 spiro atoms. The monoisotopic (exact) mass is 321 g/mol. The van der Waals surface area contributed by atoms with Crippen molar-refractivity contribution in [2.24, 2.45) is 0 Å². The van der Waals surface area contributed by atoms with E-state index >= 15 is 0 Å². The summed E-state index contributed by atoms with van der Waals surface area (Å²) in [6, 6.07) is 12.4. The van der Waals surface area contributed by atoms with Crippen molar-refractivity contribution in [1.29, 1.82) is 0 Å². The Morgan fingerprint density at radius 3 is 2.23 bits per heavy atom. The van der Waals surface area contributed by atoms with Gasteiger partial charge in [0.25, 0.3) is 0 Å². The molecule has 0 saturated carbocycles. The second kappa shape index (κ2) is 6.70. The molecule has 0 unspecified atom stereocenters. The number of hydrogen-bond donors (Lipinski definition) is 1. The molecule has 0 aliphatic carbocycles. The zero-order chi connectivity index (χ0) is 16.2. The zero-order valence-electron chi connectivity index (χ0n) is 12.8. The van der Waals surface area contributed by atoms with Crippen LogP contribution in [0.3, 0.4) is 0 Å². The first-order valence-electron chi connectivity index (χ1n) is 6.72. The first kappa shape index (κ1) is 16.2. The van der Waals surface area contributed by atoms with Gasteiger partial charge in [0.1, 0.15) is 11.5 Å². The van der Waals surface area contributed by atoms with Crippen LogP contribution >= 0.6 is 0 Å². The maximum atomic E-state index is 12.3. The average Bonchev–Trinajstić information content (AvgIpc) is 2.48. The molecule has 0 amide bonds. The number of sulfonamides is 1. The van der Waals surface area contributed by atoms with E-state index in [4.69, 9.17) is 9.47 Å². The standard InChI is InChI=1S/C16H19NO4S/c1-12-9-16(21-3)14(10-15(12)20-2)17-22(18,19)11-13-7-5-4-6-8-13/h4-10,17H,11H2,1-3H3. The van der Waals surface area contributed by atoms with E-state index in [1.54, 1.807) is 36.4 Å². The summed E-state index contributed by atoms with van der Waals surface area (Å²) >= 11 is 0. The van der Waals surface area contributed by atoms with Crippen molar-refractivity contribution in [2.45, 2.75) is 12.7 Å². The first-order valence-corrected chi connectivity index (χ1v) is 8.37. The molecule has 0 aliphatic rings. The molecular weight excluding hydrogens is 302 g/mol. The molecule has 0 radical (unpaired) electrons. The van der Waals surface area contributed by atoms with Crippen LogP contribution in [0.5, 0.6) is 11.5 Å². The molecule has 0 fully saturated rings. The largest absolute Gasteiger partial charge is 0.496 e. The highest BCUT2D eigenvalue weighted by atomic mass is 32.2. The molecule has 0 heterocycles. The van der Waals surface area contributed by atoms with Gasteiger partial charge in [0.05, 0.1) is 25.7 Å². The second-order valence-electron chi connectivity index (χ2n) is 4.87. The highest BCUT2D eigenvalue weighted by molar-refractivity contribution is 7.91. The first-order chi connectivity index (χ1) is 10.4. The van der Waals surface area contributed by atoms with Gasteiger partial charge >= 0.3 is 0 Å². The number of methoxy groups -OCH3 is 2. The Morgan fingerprint density at radius 1 is 1.00 bits per heavy atom. The summed E-state index contributed by atoms with van der Waals surface area (Å²) in [5.74, 6) is 0.945. The zero-order valence-corrected chi connectivity index (χ0v) is 13.6. The number of benzene rings is 2. The van der Waals surface area contributed by atoms with Gasteiger partial charge in [-0.05, 0) is 24.1 Å². The summed E-state index contributed by atoms with van der Waals surface area (Å²) in [6.07, 6.45) is 0. The number of anilines is 1. The van der Waals surface area contributed by atoms with E-state index in [0.29, 0.717) is 22.7 Å². The summed E-state index contributed by atoms with van der Waals surface area (Å²) in [4.78, 5) is 0. The molecule has 1 N–H and O–H groups in total. The molecule has 0 aromatic heterocycles. The van der Waals surface area contributed by atoms with Crippen LogP contribution in [0.4, 0.5) is 5.69 Å². The summed E-state index contributed by atoms with van der Waals surface area (Å²) < 4.78 is 37.7. The maximum Gasteiger partial charge on any atom is 0.237 e.